The minimum Gasteiger partial charge on any atom is -0.481 e. The van der Waals surface area contributed by atoms with Crippen molar-refractivity contribution in [3.8, 4) is 11.1 Å². The second kappa shape index (κ2) is 8.15. The quantitative estimate of drug-likeness (QED) is 0.706. The number of piperidine rings is 1. The number of carboxylic acid groups (broad SMARTS) is 1. The first-order valence-corrected chi connectivity index (χ1v) is 11.8. The van der Waals surface area contributed by atoms with Crippen LogP contribution in [-0.4, -0.2) is 53.7 Å². The first-order valence-electron chi connectivity index (χ1n) is 11.8. The smallest absolute Gasteiger partial charge is 0.407 e. The molecule has 2 aromatic rings. The number of alkyl carbamates (subject to hydrolysis) is 1. The van der Waals surface area contributed by atoms with Crippen LogP contribution in [-0.2, 0) is 14.3 Å². The Labute approximate surface area is 199 Å². The average molecular weight is 463 g/mol. The summed E-state index contributed by atoms with van der Waals surface area (Å²) < 4.78 is 5.66. The van der Waals surface area contributed by atoms with Gasteiger partial charge in [0.15, 0.2) is 0 Å². The number of amides is 2. The molecule has 0 aromatic heterocycles. The number of ether oxygens (including phenoxy) is 1. The largest absolute Gasteiger partial charge is 0.481 e. The lowest BCUT2D eigenvalue weighted by atomic mass is 9.86. The molecule has 2 aliphatic carbocycles. The number of aliphatic carboxylic acids is 1. The SMILES string of the molecule is CC(C)(C)[C@H](NC(=O)OCC1c2ccccc2-c2ccccc21)C(=O)N1CC2C(C1)C2C(=O)O. The molecule has 34 heavy (non-hydrogen) atoms. The van der Waals surface area contributed by atoms with E-state index in [9.17, 15) is 19.5 Å². The number of hydrogen-bond donors (Lipinski definition) is 2. The molecule has 178 valence electrons. The Balaban J connectivity index is 1.24. The molecule has 3 atom stereocenters. The monoisotopic (exact) mass is 462 g/mol. The number of hydrogen-bond acceptors (Lipinski definition) is 4. The third-order valence-corrected chi connectivity index (χ3v) is 7.51. The van der Waals surface area contributed by atoms with Gasteiger partial charge in [-0.15, -0.1) is 0 Å². The van der Waals surface area contributed by atoms with Gasteiger partial charge in [0.1, 0.15) is 12.6 Å². The van der Waals surface area contributed by atoms with E-state index >= 15 is 0 Å². The van der Waals surface area contributed by atoms with Gasteiger partial charge in [0, 0.05) is 19.0 Å². The zero-order chi connectivity index (χ0) is 24.2. The number of carbonyl (C=O) groups excluding carboxylic acids is 2. The van der Waals surface area contributed by atoms with E-state index in [2.05, 4.69) is 29.6 Å². The number of benzene rings is 2. The number of likely N-dealkylation sites (tertiary alicyclic amines) is 1. The van der Waals surface area contributed by atoms with Crippen molar-refractivity contribution < 1.29 is 24.2 Å². The van der Waals surface area contributed by atoms with E-state index in [0.717, 1.165) is 22.3 Å². The summed E-state index contributed by atoms with van der Waals surface area (Å²) in [6.45, 7) is 6.74. The summed E-state index contributed by atoms with van der Waals surface area (Å²) in [6, 6.07) is 15.5. The lowest BCUT2D eigenvalue weighted by Gasteiger charge is -2.34. The standard InChI is InChI=1S/C27H30N2O5/c1-27(2,3)23(24(30)29-12-19-20(13-29)22(19)25(31)32)28-26(33)34-14-21-17-10-6-4-8-15(17)16-9-5-7-11-18(16)21/h4-11,19-23H,12-14H2,1-3H3,(H,28,33)(H,31,32)/t19?,20?,22?,23-/m1/s1. The Bertz CT molecular complexity index is 1100. The molecule has 1 saturated carbocycles. The van der Waals surface area contributed by atoms with Gasteiger partial charge >= 0.3 is 12.1 Å². The third kappa shape index (κ3) is 3.83. The van der Waals surface area contributed by atoms with Gasteiger partial charge in [-0.05, 0) is 39.5 Å². The van der Waals surface area contributed by atoms with Crippen molar-refractivity contribution in [2.75, 3.05) is 19.7 Å². The molecule has 0 bridgehead atoms. The molecule has 2 aromatic carbocycles. The lowest BCUT2D eigenvalue weighted by Crippen LogP contribution is -2.55. The highest BCUT2D eigenvalue weighted by atomic mass is 16.5. The van der Waals surface area contributed by atoms with Crippen molar-refractivity contribution >= 4 is 18.0 Å². The van der Waals surface area contributed by atoms with Crippen LogP contribution in [0.1, 0.15) is 37.8 Å². The molecule has 2 fully saturated rings. The van der Waals surface area contributed by atoms with Gasteiger partial charge in [0.2, 0.25) is 5.91 Å². The number of fused-ring (bicyclic) bond motifs is 4. The van der Waals surface area contributed by atoms with Gasteiger partial charge in [-0.1, -0.05) is 69.3 Å². The average Bonchev–Trinajstić information content (AvgIpc) is 3.15. The van der Waals surface area contributed by atoms with E-state index in [4.69, 9.17) is 4.74 Å². The van der Waals surface area contributed by atoms with Crippen molar-refractivity contribution in [2.24, 2.45) is 23.2 Å². The van der Waals surface area contributed by atoms with Gasteiger partial charge in [-0.2, -0.15) is 0 Å². The van der Waals surface area contributed by atoms with E-state index in [1.807, 2.05) is 45.0 Å². The molecular weight excluding hydrogens is 432 g/mol. The second-order valence-electron chi connectivity index (χ2n) is 10.7. The van der Waals surface area contributed by atoms with Crippen molar-refractivity contribution in [1.29, 1.82) is 0 Å². The predicted octanol–water partition coefficient (Wildman–Crippen LogP) is 3.73. The van der Waals surface area contributed by atoms with Crippen molar-refractivity contribution in [1.82, 2.24) is 10.2 Å². The number of nitrogens with zero attached hydrogens (tertiary/aromatic N) is 1. The summed E-state index contributed by atoms with van der Waals surface area (Å²) in [4.78, 5) is 39.0. The van der Waals surface area contributed by atoms with Crippen LogP contribution in [0.4, 0.5) is 4.79 Å². The maximum Gasteiger partial charge on any atom is 0.407 e. The molecule has 3 aliphatic rings. The van der Waals surface area contributed by atoms with Crippen LogP contribution in [0.2, 0.25) is 0 Å². The van der Waals surface area contributed by atoms with E-state index in [1.165, 1.54) is 0 Å². The van der Waals surface area contributed by atoms with Crippen LogP contribution in [0.5, 0.6) is 0 Å². The number of carbonyl (C=O) groups is 3. The third-order valence-electron chi connectivity index (χ3n) is 7.51. The summed E-state index contributed by atoms with van der Waals surface area (Å²) in [5.41, 5.74) is 4.04. The van der Waals surface area contributed by atoms with E-state index in [0.29, 0.717) is 13.1 Å². The number of nitrogens with one attached hydrogen (secondary N) is 1. The number of carboxylic acids is 1. The van der Waals surface area contributed by atoms with Crippen LogP contribution in [0.3, 0.4) is 0 Å². The highest BCUT2D eigenvalue weighted by molar-refractivity contribution is 5.87. The van der Waals surface area contributed by atoms with Gasteiger partial charge in [0.25, 0.3) is 0 Å². The Morgan fingerprint density at radius 3 is 2.03 bits per heavy atom. The molecule has 1 aliphatic heterocycles. The maximum atomic E-state index is 13.3. The summed E-state index contributed by atoms with van der Waals surface area (Å²) in [5.74, 6) is -1.32. The van der Waals surface area contributed by atoms with E-state index in [1.54, 1.807) is 4.90 Å². The Morgan fingerprint density at radius 1 is 1.00 bits per heavy atom. The molecule has 1 saturated heterocycles. The lowest BCUT2D eigenvalue weighted by molar-refractivity contribution is -0.141. The van der Waals surface area contributed by atoms with Gasteiger partial charge in [-0.25, -0.2) is 4.79 Å². The normalized spacial score (nSPS) is 23.5. The van der Waals surface area contributed by atoms with Crippen LogP contribution in [0, 0.1) is 23.2 Å². The Kier molecular flexibility index (Phi) is 5.38. The molecule has 5 rings (SSSR count). The minimum atomic E-state index is -0.786. The first kappa shape index (κ1) is 22.4. The summed E-state index contributed by atoms with van der Waals surface area (Å²) in [6.07, 6.45) is -0.622. The molecule has 7 heteroatoms. The van der Waals surface area contributed by atoms with Crippen LogP contribution >= 0.6 is 0 Å². The molecular formula is C27H30N2O5. The van der Waals surface area contributed by atoms with Crippen LogP contribution in [0.15, 0.2) is 48.5 Å². The summed E-state index contributed by atoms with van der Waals surface area (Å²) in [5, 5.41) is 12.0. The molecule has 1 heterocycles. The summed E-state index contributed by atoms with van der Waals surface area (Å²) in [7, 11) is 0. The highest BCUT2D eigenvalue weighted by Gasteiger charge is 2.61. The van der Waals surface area contributed by atoms with Crippen molar-refractivity contribution in [3.63, 3.8) is 0 Å². The fourth-order valence-corrected chi connectivity index (χ4v) is 5.66. The fourth-order valence-electron chi connectivity index (χ4n) is 5.66. The van der Waals surface area contributed by atoms with E-state index in [-0.39, 0.29) is 36.2 Å². The molecule has 0 radical (unpaired) electrons. The van der Waals surface area contributed by atoms with Crippen molar-refractivity contribution in [2.45, 2.75) is 32.7 Å². The summed E-state index contributed by atoms with van der Waals surface area (Å²) >= 11 is 0. The highest BCUT2D eigenvalue weighted by Crippen LogP contribution is 2.52. The van der Waals surface area contributed by atoms with Crippen LogP contribution in [0.25, 0.3) is 11.1 Å². The molecule has 2 unspecified atom stereocenters. The van der Waals surface area contributed by atoms with E-state index < -0.39 is 23.5 Å². The zero-order valence-corrected chi connectivity index (χ0v) is 19.7. The first-order chi connectivity index (χ1) is 16.2. The van der Waals surface area contributed by atoms with Crippen LogP contribution < -0.4 is 5.32 Å². The minimum absolute atomic E-state index is 0.0246. The Hall–Kier alpha value is -3.35. The number of rotatable bonds is 5. The molecule has 7 nitrogen and oxygen atoms in total. The maximum absolute atomic E-state index is 13.3. The van der Waals surface area contributed by atoms with Gasteiger partial charge in [-0.3, -0.25) is 9.59 Å². The second-order valence-corrected chi connectivity index (χ2v) is 10.7. The zero-order valence-electron chi connectivity index (χ0n) is 19.7. The molecule has 2 amide bonds. The topological polar surface area (TPSA) is 95.9 Å². The van der Waals surface area contributed by atoms with Crippen molar-refractivity contribution in [3.05, 3.63) is 59.7 Å². The Morgan fingerprint density at radius 2 is 1.53 bits per heavy atom. The van der Waals surface area contributed by atoms with Gasteiger partial charge < -0.3 is 20.1 Å². The fraction of sp³-hybridized carbons (Fsp3) is 0.444. The molecule has 0 spiro atoms. The molecule has 2 N–H and O–H groups in total. The predicted molar refractivity (Wildman–Crippen MR) is 126 cm³/mol. The van der Waals surface area contributed by atoms with Gasteiger partial charge in [0.05, 0.1) is 5.92 Å².